The molecular formula is C15H31N3. The van der Waals surface area contributed by atoms with Gasteiger partial charge >= 0.3 is 0 Å². The van der Waals surface area contributed by atoms with Crippen LogP contribution in [0.3, 0.4) is 0 Å². The van der Waals surface area contributed by atoms with E-state index < -0.39 is 0 Å². The number of nitrogens with zero attached hydrogens (tertiary/aromatic N) is 2. The topological polar surface area (TPSA) is 32.5 Å². The fourth-order valence-electron chi connectivity index (χ4n) is 3.98. The third kappa shape index (κ3) is 2.45. The van der Waals surface area contributed by atoms with Gasteiger partial charge in [-0.3, -0.25) is 4.90 Å². The third-order valence-corrected chi connectivity index (χ3v) is 5.49. The predicted octanol–water partition coefficient (Wildman–Crippen LogP) is 1.78. The molecular weight excluding hydrogens is 222 g/mol. The molecule has 3 heteroatoms. The van der Waals surface area contributed by atoms with Crippen LogP contribution < -0.4 is 5.73 Å². The molecule has 2 heterocycles. The minimum atomic E-state index is 0.297. The van der Waals surface area contributed by atoms with Crippen molar-refractivity contribution in [3.63, 3.8) is 0 Å². The van der Waals surface area contributed by atoms with Crippen molar-refractivity contribution < 1.29 is 0 Å². The molecule has 2 aliphatic heterocycles. The van der Waals surface area contributed by atoms with Crippen molar-refractivity contribution in [2.24, 2.45) is 17.6 Å². The van der Waals surface area contributed by atoms with Gasteiger partial charge in [0.1, 0.15) is 0 Å². The van der Waals surface area contributed by atoms with Gasteiger partial charge in [0, 0.05) is 25.2 Å². The molecule has 2 fully saturated rings. The minimum absolute atomic E-state index is 0.297. The van der Waals surface area contributed by atoms with Crippen molar-refractivity contribution >= 4 is 0 Å². The standard InChI is InChI=1S/C15H31N3/c1-4-13(3)10-18(5-2)15(12-16)7-9-17-8-6-14(15)11-17/h13-14H,4-12,16H2,1-3H3. The molecule has 0 radical (unpaired) electrons. The Hall–Kier alpha value is -0.120. The lowest BCUT2D eigenvalue weighted by molar-refractivity contribution is 0.00220. The van der Waals surface area contributed by atoms with Gasteiger partial charge in [0.05, 0.1) is 0 Å². The van der Waals surface area contributed by atoms with Gasteiger partial charge in [-0.05, 0) is 44.3 Å². The van der Waals surface area contributed by atoms with Crippen LogP contribution in [-0.2, 0) is 0 Å². The van der Waals surface area contributed by atoms with Crippen molar-refractivity contribution in [3.8, 4) is 0 Å². The Morgan fingerprint density at radius 2 is 2.17 bits per heavy atom. The highest BCUT2D eigenvalue weighted by Crippen LogP contribution is 2.39. The molecule has 2 aliphatic rings. The van der Waals surface area contributed by atoms with Crippen molar-refractivity contribution in [2.45, 2.75) is 45.6 Å². The highest BCUT2D eigenvalue weighted by atomic mass is 15.3. The molecule has 0 aromatic rings. The van der Waals surface area contributed by atoms with Gasteiger partial charge in [-0.15, -0.1) is 0 Å². The number of piperidine rings is 1. The first-order chi connectivity index (χ1) is 8.66. The van der Waals surface area contributed by atoms with E-state index in [1.54, 1.807) is 0 Å². The normalized spacial score (nSPS) is 37.2. The lowest BCUT2D eigenvalue weighted by atomic mass is 9.76. The second kappa shape index (κ2) is 5.89. The van der Waals surface area contributed by atoms with E-state index in [1.165, 1.54) is 45.4 Å². The van der Waals surface area contributed by atoms with Crippen LogP contribution >= 0.6 is 0 Å². The van der Waals surface area contributed by atoms with Gasteiger partial charge in [0.2, 0.25) is 0 Å². The zero-order valence-corrected chi connectivity index (χ0v) is 12.5. The van der Waals surface area contributed by atoms with Crippen LogP contribution in [0, 0.1) is 11.8 Å². The van der Waals surface area contributed by atoms with E-state index >= 15 is 0 Å². The Labute approximate surface area is 113 Å². The predicted molar refractivity (Wildman–Crippen MR) is 77.7 cm³/mol. The molecule has 0 saturated carbocycles. The van der Waals surface area contributed by atoms with Gasteiger partial charge in [-0.25, -0.2) is 0 Å². The molecule has 0 aromatic heterocycles. The summed E-state index contributed by atoms with van der Waals surface area (Å²) >= 11 is 0. The molecule has 106 valence electrons. The van der Waals surface area contributed by atoms with Crippen LogP contribution in [-0.4, -0.2) is 54.6 Å². The molecule has 2 saturated heterocycles. The van der Waals surface area contributed by atoms with Gasteiger partial charge in [0.25, 0.3) is 0 Å². The highest BCUT2D eigenvalue weighted by molar-refractivity contribution is 5.05. The van der Waals surface area contributed by atoms with Crippen molar-refractivity contribution in [1.29, 1.82) is 0 Å². The Balaban J connectivity index is 2.13. The molecule has 4 atom stereocenters. The number of likely N-dealkylation sites (N-methyl/N-ethyl adjacent to an activating group) is 1. The molecule has 0 aromatic carbocycles. The van der Waals surface area contributed by atoms with Crippen LogP contribution in [0.1, 0.15) is 40.0 Å². The third-order valence-electron chi connectivity index (χ3n) is 5.49. The summed E-state index contributed by atoms with van der Waals surface area (Å²) in [6, 6.07) is 0. The molecule has 0 amide bonds. The number of hydrogen-bond donors (Lipinski definition) is 1. The zero-order valence-electron chi connectivity index (χ0n) is 12.5. The van der Waals surface area contributed by atoms with Crippen LogP contribution in [0.2, 0.25) is 0 Å². The lowest BCUT2D eigenvalue weighted by Gasteiger charge is -2.50. The zero-order chi connectivity index (χ0) is 13.2. The van der Waals surface area contributed by atoms with Gasteiger partial charge in [0.15, 0.2) is 0 Å². The summed E-state index contributed by atoms with van der Waals surface area (Å²) in [6.45, 7) is 14.0. The van der Waals surface area contributed by atoms with Gasteiger partial charge < -0.3 is 10.6 Å². The summed E-state index contributed by atoms with van der Waals surface area (Å²) < 4.78 is 0. The van der Waals surface area contributed by atoms with E-state index in [0.29, 0.717) is 5.54 Å². The first-order valence-electron chi connectivity index (χ1n) is 7.83. The molecule has 2 rings (SSSR count). The molecule has 2 N–H and O–H groups in total. The van der Waals surface area contributed by atoms with Gasteiger partial charge in [-0.1, -0.05) is 27.2 Å². The molecule has 4 unspecified atom stereocenters. The van der Waals surface area contributed by atoms with E-state index in [2.05, 4.69) is 30.6 Å². The summed E-state index contributed by atoms with van der Waals surface area (Å²) in [7, 11) is 0. The maximum Gasteiger partial charge on any atom is 0.0384 e. The SMILES string of the molecule is CCC(C)CN(CC)C1(CN)CCN2CCC1C2. The molecule has 3 nitrogen and oxygen atoms in total. The quantitative estimate of drug-likeness (QED) is 0.783. The summed E-state index contributed by atoms with van der Waals surface area (Å²) in [5, 5.41) is 0. The minimum Gasteiger partial charge on any atom is -0.329 e. The Morgan fingerprint density at radius 3 is 2.78 bits per heavy atom. The molecule has 2 bridgehead atoms. The van der Waals surface area contributed by atoms with E-state index in [4.69, 9.17) is 5.73 Å². The summed E-state index contributed by atoms with van der Waals surface area (Å²) in [4.78, 5) is 5.34. The molecule has 18 heavy (non-hydrogen) atoms. The summed E-state index contributed by atoms with van der Waals surface area (Å²) in [5.74, 6) is 1.59. The Kier molecular flexibility index (Phi) is 4.68. The van der Waals surface area contributed by atoms with Gasteiger partial charge in [-0.2, -0.15) is 0 Å². The van der Waals surface area contributed by atoms with E-state index in [-0.39, 0.29) is 0 Å². The number of hydrogen-bond acceptors (Lipinski definition) is 3. The first-order valence-corrected chi connectivity index (χ1v) is 7.83. The van der Waals surface area contributed by atoms with Crippen molar-refractivity contribution in [1.82, 2.24) is 9.80 Å². The monoisotopic (exact) mass is 253 g/mol. The average molecular weight is 253 g/mol. The Morgan fingerprint density at radius 1 is 1.39 bits per heavy atom. The molecule has 0 spiro atoms. The van der Waals surface area contributed by atoms with E-state index in [9.17, 15) is 0 Å². The van der Waals surface area contributed by atoms with Crippen molar-refractivity contribution in [2.75, 3.05) is 39.3 Å². The maximum absolute atomic E-state index is 6.26. The smallest absolute Gasteiger partial charge is 0.0384 e. The van der Waals surface area contributed by atoms with E-state index in [1.807, 2.05) is 0 Å². The van der Waals surface area contributed by atoms with Crippen LogP contribution in [0.4, 0.5) is 0 Å². The number of fused-ring (bicyclic) bond motifs is 2. The second-order valence-corrected chi connectivity index (χ2v) is 6.40. The maximum atomic E-state index is 6.26. The summed E-state index contributed by atoms with van der Waals surface area (Å²) in [6.07, 6.45) is 3.90. The fraction of sp³-hybridized carbons (Fsp3) is 1.00. The Bertz CT molecular complexity index is 268. The highest BCUT2D eigenvalue weighted by Gasteiger charge is 2.48. The van der Waals surface area contributed by atoms with Crippen molar-refractivity contribution in [3.05, 3.63) is 0 Å². The second-order valence-electron chi connectivity index (χ2n) is 6.40. The van der Waals surface area contributed by atoms with E-state index in [0.717, 1.165) is 24.9 Å². The number of nitrogens with two attached hydrogens (primary N) is 1. The first kappa shape index (κ1) is 14.3. The fourth-order valence-corrected chi connectivity index (χ4v) is 3.98. The molecule has 0 aliphatic carbocycles. The van der Waals surface area contributed by atoms with Crippen LogP contribution in [0.25, 0.3) is 0 Å². The largest absolute Gasteiger partial charge is 0.329 e. The van der Waals surface area contributed by atoms with Crippen LogP contribution in [0.15, 0.2) is 0 Å². The summed E-state index contributed by atoms with van der Waals surface area (Å²) in [5.41, 5.74) is 6.55. The van der Waals surface area contributed by atoms with Crippen LogP contribution in [0.5, 0.6) is 0 Å². The lowest BCUT2D eigenvalue weighted by Crippen LogP contribution is -2.62. The number of rotatable bonds is 6. The average Bonchev–Trinajstić information content (AvgIpc) is 2.81.